The van der Waals surface area contributed by atoms with Gasteiger partial charge in [-0.1, -0.05) is 49.9 Å². The Labute approximate surface area is 311 Å². The summed E-state index contributed by atoms with van der Waals surface area (Å²) >= 11 is 0. The largest absolute Gasteiger partial charge is 0.351 e. The van der Waals surface area contributed by atoms with Crippen molar-refractivity contribution in [3.8, 4) is 12.1 Å². The van der Waals surface area contributed by atoms with E-state index in [1.165, 1.54) is 25.7 Å². The molecule has 3 aliphatic rings. The van der Waals surface area contributed by atoms with Crippen LogP contribution in [0.2, 0.25) is 0 Å². The van der Waals surface area contributed by atoms with Crippen LogP contribution in [0.15, 0.2) is 72.8 Å². The quantitative estimate of drug-likeness (QED) is 0.100. The molecule has 2 aliphatic carbocycles. The third-order valence-electron chi connectivity index (χ3n) is 10.1. The molecule has 12 heteroatoms. The van der Waals surface area contributed by atoms with Crippen LogP contribution in [-0.4, -0.2) is 48.1 Å². The minimum atomic E-state index is -0.518. The van der Waals surface area contributed by atoms with E-state index in [0.717, 1.165) is 84.1 Å². The molecule has 0 radical (unpaired) electrons. The summed E-state index contributed by atoms with van der Waals surface area (Å²) in [7, 11) is 0. The summed E-state index contributed by atoms with van der Waals surface area (Å²) in [6, 6.07) is 23.5. The van der Waals surface area contributed by atoms with E-state index in [-0.39, 0.29) is 0 Å². The molecule has 4 heterocycles. The second-order valence-corrected chi connectivity index (χ2v) is 13.8. The zero-order valence-corrected chi connectivity index (χ0v) is 30.7. The number of rotatable bonds is 9. The van der Waals surface area contributed by atoms with Gasteiger partial charge in [0.15, 0.2) is 0 Å². The summed E-state index contributed by atoms with van der Waals surface area (Å²) in [5.41, 5.74) is 6.85. The Morgan fingerprint density at radius 3 is 2.28 bits per heavy atom. The first-order valence-corrected chi connectivity index (χ1v) is 18.8. The van der Waals surface area contributed by atoms with Gasteiger partial charge in [0.05, 0.1) is 39.9 Å². The molecule has 8 rings (SSSR count). The van der Waals surface area contributed by atoms with Gasteiger partial charge in [-0.25, -0.2) is 24.9 Å². The number of para-hydroxylation sites is 4. The molecule has 12 nitrogen and oxygen atoms in total. The van der Waals surface area contributed by atoms with Crippen LogP contribution in [0.4, 0.5) is 23.3 Å². The molecule has 5 aromatic rings. The molecule has 0 spiro atoms. The second kappa shape index (κ2) is 16.1. The normalized spacial score (nSPS) is 17.0. The lowest BCUT2D eigenvalue weighted by atomic mass is 10.0. The molecule has 53 heavy (non-hydrogen) atoms. The van der Waals surface area contributed by atoms with Crippen LogP contribution in [-0.2, 0) is 6.54 Å². The molecule has 2 saturated carbocycles. The molecule has 0 amide bonds. The third kappa shape index (κ3) is 7.77. The highest BCUT2D eigenvalue weighted by atomic mass is 15.3. The summed E-state index contributed by atoms with van der Waals surface area (Å²) < 4.78 is 2.10. The van der Waals surface area contributed by atoms with E-state index in [1.807, 2.05) is 55.5 Å². The van der Waals surface area contributed by atoms with Crippen molar-refractivity contribution in [2.24, 2.45) is 0 Å². The van der Waals surface area contributed by atoms with Gasteiger partial charge in [-0.05, 0) is 82.3 Å². The van der Waals surface area contributed by atoms with Crippen LogP contribution >= 0.6 is 0 Å². The number of hydrogen-bond donors (Lipinski definition) is 3. The number of nitrogens with zero attached hydrogens (tertiary/aromatic N) is 9. The molecule has 2 aromatic carbocycles. The number of aryl methyl sites for hydroxylation is 2. The van der Waals surface area contributed by atoms with Crippen LogP contribution in [0, 0.1) is 29.6 Å². The van der Waals surface area contributed by atoms with Gasteiger partial charge in [0.25, 0.3) is 0 Å². The summed E-state index contributed by atoms with van der Waals surface area (Å²) in [5.74, 6) is 2.21. The molecule has 1 atom stereocenters. The number of hydrogen-bond acceptors (Lipinski definition) is 11. The Hall–Kier alpha value is -6.01. The molecule has 1 aliphatic heterocycles. The standard InChI is InChI=1S/C22H26N6.C19H20N6/c1-2-28-20-12-8-7-11-19(20)26-21(28)17(15-23)18-13-14-24-22(27-18)25-16-9-5-3-4-6-10-16;1-3-25-16-7-5-4-6-15(16)23-18(25)14(10-20)17-12(2)11-21-19(24-17)22-13-8-9-13/h7-8,11-14,16,26H,2-6,9-10H2,1H3,(H,24,25,27);4-7,11,13-14H,3,8-9H2,1-2H3,(H,21,22,24)/b21-17+;. The van der Waals surface area contributed by atoms with Gasteiger partial charge in [-0.3, -0.25) is 0 Å². The number of benzene rings is 2. The number of fused-ring (bicyclic) bond motifs is 2. The SMILES string of the molecule is CCN1/C(=C(\C#N)c2ccnc(NC3CCCCCC3)n2)Nc2ccccc21.CCn1c(C(C#N)c2nc(NC3CC3)ncc2C)nc2ccccc21. The zero-order chi connectivity index (χ0) is 36.7. The Morgan fingerprint density at radius 1 is 0.849 bits per heavy atom. The van der Waals surface area contributed by atoms with Gasteiger partial charge in [-0.2, -0.15) is 10.5 Å². The van der Waals surface area contributed by atoms with Gasteiger partial charge in [0.2, 0.25) is 11.9 Å². The lowest BCUT2D eigenvalue weighted by Crippen LogP contribution is -2.22. The molecule has 0 saturated heterocycles. The number of aromatic nitrogens is 6. The monoisotopic (exact) mass is 706 g/mol. The van der Waals surface area contributed by atoms with Gasteiger partial charge in [0, 0.05) is 37.6 Å². The number of nitrogens with one attached hydrogen (secondary N) is 3. The Balaban J connectivity index is 0.000000165. The van der Waals surface area contributed by atoms with E-state index < -0.39 is 5.92 Å². The van der Waals surface area contributed by atoms with E-state index in [2.05, 4.69) is 77.4 Å². The van der Waals surface area contributed by atoms with Crippen LogP contribution in [0.1, 0.15) is 93.9 Å². The summed E-state index contributed by atoms with van der Waals surface area (Å²) in [6.45, 7) is 7.62. The fourth-order valence-electron chi connectivity index (χ4n) is 7.18. The second-order valence-electron chi connectivity index (χ2n) is 13.8. The Morgan fingerprint density at radius 2 is 1.57 bits per heavy atom. The number of anilines is 4. The van der Waals surface area contributed by atoms with Gasteiger partial charge in [0.1, 0.15) is 29.2 Å². The van der Waals surface area contributed by atoms with Gasteiger partial charge in [-0.15, -0.1) is 0 Å². The summed E-state index contributed by atoms with van der Waals surface area (Å²) in [6.07, 6.45) is 13.2. The van der Waals surface area contributed by atoms with Crippen LogP contribution in [0.3, 0.4) is 0 Å². The third-order valence-corrected chi connectivity index (χ3v) is 10.1. The zero-order valence-electron chi connectivity index (χ0n) is 30.7. The topological polar surface area (TPSA) is 156 Å². The molecular formula is C41H46N12. The average molecular weight is 707 g/mol. The molecule has 270 valence electrons. The van der Waals surface area contributed by atoms with E-state index in [4.69, 9.17) is 4.98 Å². The van der Waals surface area contributed by atoms with Crippen molar-refractivity contribution in [1.82, 2.24) is 29.5 Å². The maximum absolute atomic E-state index is 9.93. The van der Waals surface area contributed by atoms with Gasteiger partial charge >= 0.3 is 0 Å². The van der Waals surface area contributed by atoms with Crippen molar-refractivity contribution < 1.29 is 0 Å². The van der Waals surface area contributed by atoms with Crippen molar-refractivity contribution in [3.05, 3.63) is 95.6 Å². The first-order chi connectivity index (χ1) is 26.0. The van der Waals surface area contributed by atoms with Crippen LogP contribution < -0.4 is 20.9 Å². The fraction of sp³-hybridized carbons (Fsp3) is 0.390. The molecule has 0 bridgehead atoms. The van der Waals surface area contributed by atoms with Crippen molar-refractivity contribution in [1.29, 1.82) is 10.5 Å². The van der Waals surface area contributed by atoms with E-state index in [0.29, 0.717) is 35.2 Å². The lowest BCUT2D eigenvalue weighted by Gasteiger charge is -2.19. The van der Waals surface area contributed by atoms with Crippen LogP contribution in [0.5, 0.6) is 0 Å². The Kier molecular flexibility index (Phi) is 10.8. The van der Waals surface area contributed by atoms with E-state index >= 15 is 0 Å². The van der Waals surface area contributed by atoms with Crippen molar-refractivity contribution in [3.63, 3.8) is 0 Å². The molecule has 1 unspecified atom stereocenters. The highest BCUT2D eigenvalue weighted by molar-refractivity contribution is 5.90. The minimum absolute atomic E-state index is 0.414. The van der Waals surface area contributed by atoms with Gasteiger partial charge < -0.3 is 25.4 Å². The molecule has 2 fully saturated rings. The fourth-order valence-corrected chi connectivity index (χ4v) is 7.18. The average Bonchev–Trinajstić information content (AvgIpc) is 3.89. The first-order valence-electron chi connectivity index (χ1n) is 18.8. The van der Waals surface area contributed by atoms with E-state index in [1.54, 1.807) is 12.4 Å². The molecule has 3 N–H and O–H groups in total. The maximum Gasteiger partial charge on any atom is 0.223 e. The minimum Gasteiger partial charge on any atom is -0.351 e. The van der Waals surface area contributed by atoms with Crippen LogP contribution in [0.25, 0.3) is 16.6 Å². The number of imidazole rings is 1. The highest BCUT2D eigenvalue weighted by Crippen LogP contribution is 2.38. The summed E-state index contributed by atoms with van der Waals surface area (Å²) in [5, 5.41) is 30.0. The highest BCUT2D eigenvalue weighted by Gasteiger charge is 2.28. The number of nitriles is 2. The lowest BCUT2D eigenvalue weighted by molar-refractivity contribution is 0.614. The first kappa shape index (κ1) is 35.4. The predicted molar refractivity (Wildman–Crippen MR) is 209 cm³/mol. The Bertz CT molecular complexity index is 2180. The van der Waals surface area contributed by atoms with E-state index in [9.17, 15) is 10.5 Å². The smallest absolute Gasteiger partial charge is 0.223 e. The maximum atomic E-state index is 9.93. The molecule has 3 aromatic heterocycles. The number of allylic oxidation sites excluding steroid dienone is 1. The van der Waals surface area contributed by atoms with Crippen molar-refractivity contribution in [2.75, 3.05) is 27.4 Å². The molecular weight excluding hydrogens is 661 g/mol. The van der Waals surface area contributed by atoms with Crippen molar-refractivity contribution >= 4 is 39.9 Å². The summed E-state index contributed by atoms with van der Waals surface area (Å²) in [4.78, 5) is 24.9. The van der Waals surface area contributed by atoms with Crippen molar-refractivity contribution in [2.45, 2.75) is 96.7 Å². The predicted octanol–water partition coefficient (Wildman–Crippen LogP) is 8.14.